The van der Waals surface area contributed by atoms with Gasteiger partial charge in [-0.2, -0.15) is 0 Å². The van der Waals surface area contributed by atoms with Crippen molar-refractivity contribution in [1.29, 1.82) is 0 Å². The second-order valence-corrected chi connectivity index (χ2v) is 16.0. The van der Waals surface area contributed by atoms with Crippen LogP contribution in [0.25, 0.3) is 22.3 Å². The number of carboxylic acid groups (broad SMARTS) is 1. The van der Waals surface area contributed by atoms with Gasteiger partial charge in [-0.1, -0.05) is 66.2 Å². The molecule has 11 nitrogen and oxygen atoms in total. The molecule has 1 aromatic heterocycles. The van der Waals surface area contributed by atoms with Gasteiger partial charge in [0.05, 0.1) is 23.2 Å². The summed E-state index contributed by atoms with van der Waals surface area (Å²) in [7, 11) is 1.83. The predicted molar refractivity (Wildman–Crippen MR) is 231 cm³/mol. The maximum absolute atomic E-state index is 11.6. The van der Waals surface area contributed by atoms with Crippen LogP contribution in [-0.4, -0.2) is 65.4 Å². The van der Waals surface area contributed by atoms with Crippen LogP contribution < -0.4 is 30.7 Å². The van der Waals surface area contributed by atoms with Gasteiger partial charge in [0.1, 0.15) is 24.7 Å². The second kappa shape index (κ2) is 19.1. The number of rotatable bonds is 18. The van der Waals surface area contributed by atoms with E-state index in [1.165, 1.54) is 27.8 Å². The number of hydrogen-bond donors (Lipinski definition) is 6. The van der Waals surface area contributed by atoms with Crippen molar-refractivity contribution >= 4 is 29.2 Å². The van der Waals surface area contributed by atoms with Gasteiger partial charge in [0.25, 0.3) is 0 Å². The molecule has 12 heteroatoms. The molecule has 5 aromatic rings. The SMILES string of the molecule is CNc1cncc(COc2cc(OCc3cccc(-c4cccc(-c5ccc6c(c5)CC(NCC5CCC(=O)N5)C6)c4C)c3C)c(Cl)cc2CNC[C@@H](O)CC(=O)O)c1. The molecule has 0 saturated carbocycles. The minimum absolute atomic E-state index is 0.0866. The number of hydrogen-bond acceptors (Lipinski definition) is 9. The zero-order valence-electron chi connectivity index (χ0n) is 33.7. The maximum Gasteiger partial charge on any atom is 0.306 e. The zero-order valence-corrected chi connectivity index (χ0v) is 34.5. The molecule has 0 bridgehead atoms. The monoisotopic (exact) mass is 817 g/mol. The smallest absolute Gasteiger partial charge is 0.306 e. The Labute approximate surface area is 350 Å². The van der Waals surface area contributed by atoms with E-state index in [4.69, 9.17) is 26.2 Å². The number of carboxylic acids is 1. The third kappa shape index (κ3) is 10.4. The van der Waals surface area contributed by atoms with Crippen molar-refractivity contribution in [2.45, 2.75) is 83.9 Å². The quantitative estimate of drug-likeness (QED) is 0.0538. The van der Waals surface area contributed by atoms with Gasteiger partial charge in [0.2, 0.25) is 5.91 Å². The number of benzene rings is 4. The molecule has 1 amide bonds. The Bertz CT molecular complexity index is 2320. The van der Waals surface area contributed by atoms with Crippen LogP contribution in [0.4, 0.5) is 5.69 Å². The highest BCUT2D eigenvalue weighted by atomic mass is 35.5. The van der Waals surface area contributed by atoms with E-state index in [-0.39, 0.29) is 44.7 Å². The summed E-state index contributed by atoms with van der Waals surface area (Å²) in [6.45, 7) is 6.01. The molecule has 6 N–H and O–H groups in total. The lowest BCUT2D eigenvalue weighted by molar-refractivity contribution is -0.139. The molecule has 1 aliphatic carbocycles. The highest BCUT2D eigenvalue weighted by Crippen LogP contribution is 2.38. The summed E-state index contributed by atoms with van der Waals surface area (Å²) in [5.74, 6) is 0.0801. The first-order valence-electron chi connectivity index (χ1n) is 20.2. The van der Waals surface area contributed by atoms with Gasteiger partial charge in [-0.15, -0.1) is 0 Å². The van der Waals surface area contributed by atoms with E-state index >= 15 is 0 Å². The van der Waals surface area contributed by atoms with Crippen LogP contribution in [0.5, 0.6) is 11.5 Å². The fraction of sp³-hybridized carbons (Fsp3) is 0.340. The molecule has 1 fully saturated rings. The maximum atomic E-state index is 11.6. The second-order valence-electron chi connectivity index (χ2n) is 15.6. The lowest BCUT2D eigenvalue weighted by Crippen LogP contribution is -2.40. The minimum atomic E-state index is -1.07. The number of amides is 1. The number of anilines is 1. The summed E-state index contributed by atoms with van der Waals surface area (Å²) in [4.78, 5) is 27.0. The average molecular weight is 818 g/mol. The van der Waals surface area contributed by atoms with Gasteiger partial charge >= 0.3 is 5.97 Å². The zero-order chi connectivity index (χ0) is 41.5. The molecular formula is C47H52ClN5O6. The molecule has 0 spiro atoms. The number of fused-ring (bicyclic) bond motifs is 1. The number of halogens is 1. The molecule has 1 aliphatic heterocycles. The summed E-state index contributed by atoms with van der Waals surface area (Å²) in [5, 5.41) is 32.5. The Hall–Kier alpha value is -5.46. The van der Waals surface area contributed by atoms with E-state index in [1.807, 2.05) is 13.1 Å². The summed E-state index contributed by atoms with van der Waals surface area (Å²) in [5.41, 5.74) is 13.3. The number of aromatic nitrogens is 1. The Morgan fingerprint density at radius 3 is 2.46 bits per heavy atom. The van der Waals surface area contributed by atoms with Crippen LogP contribution in [0.1, 0.15) is 58.2 Å². The standard InChI is InChI=1S/C47H52ClN5O6/c1-28-33(27-59-45-20-44(58-26-30-14-38(49-3)23-50-21-30)35(18-43(45)48)22-51-25-39(54)19-47(56)57)6-4-8-41(28)42-9-5-7-40(29(42)2)32-11-10-31-16-37(17-34(31)15-32)52-24-36-12-13-46(55)53-36/h4-11,14-15,18,20-21,23,36-37,39,49,51-52,54H,12-13,16-17,19,22,24-27H2,1-3H3,(H,53,55)(H,56,57)/t36?,37?,39-/m0/s1. The molecular weight excluding hydrogens is 766 g/mol. The average Bonchev–Trinajstić information content (AvgIpc) is 3.84. The van der Waals surface area contributed by atoms with Crippen molar-refractivity contribution in [2.75, 3.05) is 25.5 Å². The van der Waals surface area contributed by atoms with Gasteiger partial charge in [0.15, 0.2) is 0 Å². The number of aliphatic hydroxyl groups excluding tert-OH is 1. The molecule has 7 rings (SSSR count). The molecule has 2 aliphatic rings. The van der Waals surface area contributed by atoms with Crippen molar-refractivity contribution in [1.82, 2.24) is 20.9 Å². The van der Waals surface area contributed by atoms with Crippen LogP contribution in [0, 0.1) is 13.8 Å². The summed E-state index contributed by atoms with van der Waals surface area (Å²) < 4.78 is 12.7. The lowest BCUT2D eigenvalue weighted by Gasteiger charge is -2.19. The number of carbonyl (C=O) groups excluding carboxylic acids is 1. The first-order valence-corrected chi connectivity index (χ1v) is 20.6. The Morgan fingerprint density at radius 2 is 1.68 bits per heavy atom. The Morgan fingerprint density at radius 1 is 0.915 bits per heavy atom. The van der Waals surface area contributed by atoms with E-state index < -0.39 is 12.1 Å². The lowest BCUT2D eigenvalue weighted by atomic mass is 9.89. The minimum Gasteiger partial charge on any atom is -0.488 e. The van der Waals surface area contributed by atoms with E-state index in [2.05, 4.69) is 94.7 Å². The van der Waals surface area contributed by atoms with E-state index in [1.54, 1.807) is 24.5 Å². The number of carbonyl (C=O) groups is 2. The summed E-state index contributed by atoms with van der Waals surface area (Å²) >= 11 is 6.82. The summed E-state index contributed by atoms with van der Waals surface area (Å²) in [6.07, 6.45) is 5.57. The van der Waals surface area contributed by atoms with Gasteiger partial charge in [0, 0.05) is 74.8 Å². The van der Waals surface area contributed by atoms with E-state index in [0.29, 0.717) is 29.0 Å². The topological polar surface area (TPSA) is 154 Å². The number of pyridine rings is 1. The third-order valence-electron chi connectivity index (χ3n) is 11.3. The molecule has 3 atom stereocenters. The Balaban J connectivity index is 1.06. The fourth-order valence-corrected chi connectivity index (χ4v) is 8.31. The van der Waals surface area contributed by atoms with E-state index in [9.17, 15) is 14.7 Å². The molecule has 59 heavy (non-hydrogen) atoms. The van der Waals surface area contributed by atoms with Crippen molar-refractivity contribution in [3.63, 3.8) is 0 Å². The normalized spacial score (nSPS) is 16.4. The van der Waals surface area contributed by atoms with Crippen LogP contribution in [-0.2, 0) is 42.2 Å². The predicted octanol–water partition coefficient (Wildman–Crippen LogP) is 7.15. The highest BCUT2D eigenvalue weighted by Gasteiger charge is 2.26. The van der Waals surface area contributed by atoms with E-state index in [0.717, 1.165) is 64.9 Å². The van der Waals surface area contributed by atoms with Crippen LogP contribution >= 0.6 is 11.6 Å². The number of nitrogens with zero attached hydrogens (tertiary/aromatic N) is 1. The van der Waals surface area contributed by atoms with Gasteiger partial charge in [-0.05, 0) is 95.3 Å². The van der Waals surface area contributed by atoms with Gasteiger partial charge in [-0.3, -0.25) is 14.6 Å². The molecule has 4 aromatic carbocycles. The van der Waals surface area contributed by atoms with Crippen LogP contribution in [0.2, 0.25) is 5.02 Å². The number of aliphatic hydroxyl groups is 1. The molecule has 2 heterocycles. The largest absolute Gasteiger partial charge is 0.488 e. The van der Waals surface area contributed by atoms with Crippen LogP contribution in [0.15, 0.2) is 85.2 Å². The van der Waals surface area contributed by atoms with Crippen molar-refractivity contribution in [2.24, 2.45) is 0 Å². The molecule has 1 saturated heterocycles. The van der Waals surface area contributed by atoms with Crippen molar-refractivity contribution < 1.29 is 29.3 Å². The fourth-order valence-electron chi connectivity index (χ4n) is 8.07. The van der Waals surface area contributed by atoms with Crippen molar-refractivity contribution in [3.8, 4) is 33.8 Å². The Kier molecular flexibility index (Phi) is 13.5. The third-order valence-corrected chi connectivity index (χ3v) is 11.6. The number of ether oxygens (including phenoxy) is 2. The summed E-state index contributed by atoms with van der Waals surface area (Å²) in [6, 6.07) is 25.7. The van der Waals surface area contributed by atoms with Crippen LogP contribution in [0.3, 0.4) is 0 Å². The first kappa shape index (κ1) is 41.7. The molecule has 0 radical (unpaired) electrons. The van der Waals surface area contributed by atoms with Gasteiger partial charge < -0.3 is 41.0 Å². The molecule has 308 valence electrons. The number of aliphatic carboxylic acids is 1. The number of nitrogens with one attached hydrogen (secondary N) is 4. The van der Waals surface area contributed by atoms with Gasteiger partial charge in [-0.25, -0.2) is 0 Å². The van der Waals surface area contributed by atoms with Crippen molar-refractivity contribution in [3.05, 3.63) is 129 Å². The molecule has 2 unspecified atom stereocenters. The highest BCUT2D eigenvalue weighted by molar-refractivity contribution is 6.32. The first-order chi connectivity index (χ1) is 28.5.